The molecule has 0 aromatic carbocycles. The summed E-state index contributed by atoms with van der Waals surface area (Å²) >= 11 is 0. The van der Waals surface area contributed by atoms with Crippen LogP contribution in [0.25, 0.3) is 0 Å². The predicted octanol–water partition coefficient (Wildman–Crippen LogP) is -0.301. The third kappa shape index (κ3) is 2.24. The first-order valence-electron chi connectivity index (χ1n) is 4.69. The molecule has 15 heavy (non-hydrogen) atoms. The standard InChI is InChI=1S/C10H15NO4/c1-6-7(2)10(14)11(9(6)13)4-8(12)5-15-3/h8,12H,4-5H2,1-3H3. The summed E-state index contributed by atoms with van der Waals surface area (Å²) < 4.78 is 4.73. The second-order valence-corrected chi connectivity index (χ2v) is 3.58. The number of amides is 2. The van der Waals surface area contributed by atoms with Gasteiger partial charge in [0.05, 0.1) is 19.3 Å². The maximum atomic E-state index is 11.6. The Hall–Kier alpha value is -1.20. The van der Waals surface area contributed by atoms with Crippen LogP contribution in [0, 0.1) is 0 Å². The second kappa shape index (κ2) is 4.55. The Balaban J connectivity index is 2.68. The first-order valence-corrected chi connectivity index (χ1v) is 4.69. The molecule has 1 N–H and O–H groups in total. The number of hydrogen-bond acceptors (Lipinski definition) is 4. The molecule has 0 bridgehead atoms. The molecular weight excluding hydrogens is 198 g/mol. The van der Waals surface area contributed by atoms with E-state index in [0.29, 0.717) is 11.1 Å². The van der Waals surface area contributed by atoms with Gasteiger partial charge >= 0.3 is 0 Å². The predicted molar refractivity (Wildman–Crippen MR) is 53.0 cm³/mol. The van der Waals surface area contributed by atoms with Crippen LogP contribution < -0.4 is 0 Å². The van der Waals surface area contributed by atoms with Crippen molar-refractivity contribution in [1.82, 2.24) is 4.90 Å². The highest BCUT2D eigenvalue weighted by molar-refractivity contribution is 6.18. The average Bonchev–Trinajstić information content (AvgIpc) is 2.36. The minimum Gasteiger partial charge on any atom is -0.389 e. The third-order valence-electron chi connectivity index (χ3n) is 2.45. The van der Waals surface area contributed by atoms with Crippen LogP contribution >= 0.6 is 0 Å². The molecule has 1 rings (SSSR count). The number of hydrogen-bond donors (Lipinski definition) is 1. The summed E-state index contributed by atoms with van der Waals surface area (Å²) in [6.45, 7) is 3.31. The van der Waals surface area contributed by atoms with E-state index >= 15 is 0 Å². The normalized spacial score (nSPS) is 19.1. The lowest BCUT2D eigenvalue weighted by Crippen LogP contribution is -2.39. The van der Waals surface area contributed by atoms with E-state index in [1.54, 1.807) is 13.8 Å². The number of aliphatic hydroxyl groups is 1. The molecule has 0 radical (unpaired) electrons. The molecule has 5 nitrogen and oxygen atoms in total. The zero-order valence-electron chi connectivity index (χ0n) is 9.11. The van der Waals surface area contributed by atoms with Gasteiger partial charge in [-0.1, -0.05) is 0 Å². The molecule has 0 saturated carbocycles. The van der Waals surface area contributed by atoms with E-state index in [4.69, 9.17) is 4.74 Å². The lowest BCUT2D eigenvalue weighted by atomic mass is 10.2. The van der Waals surface area contributed by atoms with Gasteiger partial charge in [0.25, 0.3) is 11.8 Å². The van der Waals surface area contributed by atoms with E-state index in [2.05, 4.69) is 0 Å². The minimum atomic E-state index is -0.832. The topological polar surface area (TPSA) is 66.8 Å². The number of rotatable bonds is 4. The molecule has 5 heteroatoms. The molecular formula is C10H15NO4. The minimum absolute atomic E-state index is 0.0137. The van der Waals surface area contributed by atoms with Gasteiger partial charge in [-0.15, -0.1) is 0 Å². The van der Waals surface area contributed by atoms with Crippen LogP contribution in [-0.2, 0) is 14.3 Å². The summed E-state index contributed by atoms with van der Waals surface area (Å²) in [7, 11) is 1.45. The number of carbonyl (C=O) groups is 2. The molecule has 0 aliphatic carbocycles. The van der Waals surface area contributed by atoms with Gasteiger partial charge in [-0.25, -0.2) is 0 Å². The average molecular weight is 213 g/mol. The molecule has 1 atom stereocenters. The van der Waals surface area contributed by atoms with Crippen molar-refractivity contribution in [3.8, 4) is 0 Å². The fourth-order valence-electron chi connectivity index (χ4n) is 1.44. The summed E-state index contributed by atoms with van der Waals surface area (Å²) in [5, 5.41) is 9.43. The van der Waals surface area contributed by atoms with Crippen molar-refractivity contribution < 1.29 is 19.4 Å². The smallest absolute Gasteiger partial charge is 0.256 e. The summed E-state index contributed by atoms with van der Waals surface area (Å²) in [5.74, 6) is -0.652. The second-order valence-electron chi connectivity index (χ2n) is 3.58. The largest absolute Gasteiger partial charge is 0.389 e. The molecule has 1 aliphatic rings. The van der Waals surface area contributed by atoms with Crippen LogP contribution in [0.2, 0.25) is 0 Å². The van der Waals surface area contributed by atoms with E-state index in [1.165, 1.54) is 7.11 Å². The van der Waals surface area contributed by atoms with Gasteiger partial charge in [-0.05, 0) is 13.8 Å². The number of imide groups is 1. The molecule has 0 spiro atoms. The van der Waals surface area contributed by atoms with Crippen molar-refractivity contribution in [3.63, 3.8) is 0 Å². The highest BCUT2D eigenvalue weighted by Gasteiger charge is 2.34. The van der Waals surface area contributed by atoms with Gasteiger partial charge in [-0.3, -0.25) is 14.5 Å². The molecule has 0 aromatic heterocycles. The fraction of sp³-hybridized carbons (Fsp3) is 0.600. The number of β-amino-alcohol motifs (C(OH)–C–C–N with tert-alkyl or cyclic N) is 1. The quantitative estimate of drug-likeness (QED) is 0.651. The van der Waals surface area contributed by atoms with E-state index in [9.17, 15) is 14.7 Å². The highest BCUT2D eigenvalue weighted by Crippen LogP contribution is 2.19. The Morgan fingerprint density at radius 3 is 2.13 bits per heavy atom. The number of methoxy groups -OCH3 is 1. The molecule has 2 amide bonds. The van der Waals surface area contributed by atoms with E-state index < -0.39 is 6.10 Å². The summed E-state index contributed by atoms with van der Waals surface area (Å²) in [5.41, 5.74) is 0.897. The van der Waals surface area contributed by atoms with Crippen molar-refractivity contribution in [1.29, 1.82) is 0 Å². The first-order chi connectivity index (χ1) is 6.99. The summed E-state index contributed by atoms with van der Waals surface area (Å²) in [6, 6.07) is 0. The zero-order chi connectivity index (χ0) is 11.6. The van der Waals surface area contributed by atoms with Crippen molar-refractivity contribution in [3.05, 3.63) is 11.1 Å². The van der Waals surface area contributed by atoms with E-state index in [0.717, 1.165) is 4.90 Å². The summed E-state index contributed by atoms with van der Waals surface area (Å²) in [6.07, 6.45) is -0.832. The number of carbonyl (C=O) groups excluding carboxylic acids is 2. The Morgan fingerprint density at radius 1 is 1.27 bits per heavy atom. The molecule has 0 aromatic rings. The van der Waals surface area contributed by atoms with Gasteiger partial charge in [0.2, 0.25) is 0 Å². The molecule has 0 fully saturated rings. The molecule has 1 unspecified atom stereocenters. The Kier molecular flexibility index (Phi) is 3.60. The zero-order valence-corrected chi connectivity index (χ0v) is 9.11. The van der Waals surface area contributed by atoms with Gasteiger partial charge in [0.15, 0.2) is 0 Å². The van der Waals surface area contributed by atoms with E-state index in [-0.39, 0.29) is 25.0 Å². The monoisotopic (exact) mass is 213 g/mol. The van der Waals surface area contributed by atoms with Crippen LogP contribution in [-0.4, -0.2) is 48.2 Å². The van der Waals surface area contributed by atoms with Crippen LogP contribution in [0.3, 0.4) is 0 Å². The van der Waals surface area contributed by atoms with Crippen LogP contribution in [0.15, 0.2) is 11.1 Å². The maximum Gasteiger partial charge on any atom is 0.256 e. The summed E-state index contributed by atoms with van der Waals surface area (Å²) in [4.78, 5) is 24.2. The maximum absolute atomic E-state index is 11.6. The highest BCUT2D eigenvalue weighted by atomic mass is 16.5. The third-order valence-corrected chi connectivity index (χ3v) is 2.45. The first kappa shape index (κ1) is 11.9. The van der Waals surface area contributed by atoms with E-state index in [1.807, 2.05) is 0 Å². The van der Waals surface area contributed by atoms with Crippen LogP contribution in [0.1, 0.15) is 13.8 Å². The Morgan fingerprint density at radius 2 is 1.73 bits per heavy atom. The number of aliphatic hydroxyl groups excluding tert-OH is 1. The van der Waals surface area contributed by atoms with Crippen molar-refractivity contribution in [2.24, 2.45) is 0 Å². The van der Waals surface area contributed by atoms with Gasteiger partial charge in [-0.2, -0.15) is 0 Å². The molecule has 1 heterocycles. The molecule has 1 aliphatic heterocycles. The van der Waals surface area contributed by atoms with Crippen LogP contribution in [0.4, 0.5) is 0 Å². The fourth-order valence-corrected chi connectivity index (χ4v) is 1.44. The van der Waals surface area contributed by atoms with Gasteiger partial charge in [0, 0.05) is 18.3 Å². The molecule has 0 saturated heterocycles. The van der Waals surface area contributed by atoms with Crippen molar-refractivity contribution in [2.75, 3.05) is 20.3 Å². The SMILES string of the molecule is COCC(O)CN1C(=O)C(C)=C(C)C1=O. The number of nitrogens with zero attached hydrogens (tertiary/aromatic N) is 1. The Bertz CT molecular complexity index is 297. The van der Waals surface area contributed by atoms with Crippen molar-refractivity contribution >= 4 is 11.8 Å². The van der Waals surface area contributed by atoms with Gasteiger partial charge < -0.3 is 9.84 Å². The van der Waals surface area contributed by atoms with Gasteiger partial charge in [0.1, 0.15) is 0 Å². The number of ether oxygens (including phenoxy) is 1. The van der Waals surface area contributed by atoms with Crippen LogP contribution in [0.5, 0.6) is 0 Å². The lowest BCUT2D eigenvalue weighted by Gasteiger charge is -2.18. The van der Waals surface area contributed by atoms with Crippen molar-refractivity contribution in [2.45, 2.75) is 20.0 Å². The lowest BCUT2D eigenvalue weighted by molar-refractivity contribution is -0.139. The molecule has 84 valence electrons. The Labute approximate surface area is 88.3 Å².